The third kappa shape index (κ3) is 4.19. The highest BCUT2D eigenvalue weighted by Crippen LogP contribution is 2.12. The van der Waals surface area contributed by atoms with Gasteiger partial charge in [-0.15, -0.1) is 0 Å². The van der Waals surface area contributed by atoms with E-state index in [0.29, 0.717) is 17.7 Å². The van der Waals surface area contributed by atoms with Crippen LogP contribution in [0.1, 0.15) is 39.6 Å². The minimum atomic E-state index is -0.226. The zero-order chi connectivity index (χ0) is 15.9. The summed E-state index contributed by atoms with van der Waals surface area (Å²) in [5.74, 6) is -0.386. The molecule has 0 heterocycles. The van der Waals surface area contributed by atoms with Crippen LogP contribution in [-0.4, -0.2) is 18.4 Å². The molecule has 2 aromatic rings. The number of nitrogens with one attached hydrogen (secondary N) is 2. The van der Waals surface area contributed by atoms with E-state index in [1.54, 1.807) is 24.3 Å². The maximum absolute atomic E-state index is 12.3. The summed E-state index contributed by atoms with van der Waals surface area (Å²) in [6.45, 7) is 4.58. The van der Waals surface area contributed by atoms with E-state index < -0.39 is 0 Å². The lowest BCUT2D eigenvalue weighted by Crippen LogP contribution is -2.24. The molecule has 4 nitrogen and oxygen atoms in total. The number of anilines is 1. The second-order valence-electron chi connectivity index (χ2n) is 5.16. The van der Waals surface area contributed by atoms with Crippen LogP contribution in [0.5, 0.6) is 0 Å². The fraction of sp³-hybridized carbons (Fsp3) is 0.222. The first-order valence-corrected chi connectivity index (χ1v) is 7.36. The fourth-order valence-corrected chi connectivity index (χ4v) is 2.07. The Morgan fingerprint density at radius 3 is 2.32 bits per heavy atom. The minimum absolute atomic E-state index is 0.160. The number of benzene rings is 2. The number of aryl methyl sites for hydroxylation is 1. The van der Waals surface area contributed by atoms with Crippen molar-refractivity contribution in [3.05, 3.63) is 65.2 Å². The summed E-state index contributed by atoms with van der Waals surface area (Å²) in [7, 11) is 0. The first kappa shape index (κ1) is 15.8. The predicted molar refractivity (Wildman–Crippen MR) is 88.2 cm³/mol. The third-order valence-corrected chi connectivity index (χ3v) is 3.20. The maximum atomic E-state index is 12.3. The highest BCUT2D eigenvalue weighted by molar-refractivity contribution is 6.06. The van der Waals surface area contributed by atoms with E-state index in [4.69, 9.17) is 0 Å². The predicted octanol–water partition coefficient (Wildman–Crippen LogP) is 3.39. The summed E-state index contributed by atoms with van der Waals surface area (Å²) in [6, 6.07) is 14.3. The van der Waals surface area contributed by atoms with Gasteiger partial charge >= 0.3 is 0 Å². The second-order valence-corrected chi connectivity index (χ2v) is 5.16. The van der Waals surface area contributed by atoms with Crippen LogP contribution in [0, 0.1) is 6.92 Å². The van der Waals surface area contributed by atoms with Crippen LogP contribution in [0.15, 0.2) is 48.5 Å². The molecule has 0 aliphatic carbocycles. The van der Waals surface area contributed by atoms with Gasteiger partial charge < -0.3 is 10.6 Å². The molecule has 0 spiro atoms. The lowest BCUT2D eigenvalue weighted by atomic mass is 10.1. The van der Waals surface area contributed by atoms with Gasteiger partial charge in [-0.1, -0.05) is 25.1 Å². The largest absolute Gasteiger partial charge is 0.352 e. The number of rotatable bonds is 5. The molecule has 0 atom stereocenters. The summed E-state index contributed by atoms with van der Waals surface area (Å²) in [5, 5.41) is 5.64. The Hall–Kier alpha value is -2.62. The van der Waals surface area contributed by atoms with Gasteiger partial charge in [0.2, 0.25) is 0 Å². The van der Waals surface area contributed by atoms with Gasteiger partial charge in [-0.2, -0.15) is 0 Å². The molecule has 2 aromatic carbocycles. The van der Waals surface area contributed by atoms with Crippen molar-refractivity contribution in [3.63, 3.8) is 0 Å². The van der Waals surface area contributed by atoms with Crippen molar-refractivity contribution in [1.29, 1.82) is 0 Å². The average Bonchev–Trinajstić information content (AvgIpc) is 2.52. The Labute approximate surface area is 130 Å². The van der Waals surface area contributed by atoms with Gasteiger partial charge in [0, 0.05) is 23.4 Å². The number of amides is 2. The van der Waals surface area contributed by atoms with Gasteiger partial charge in [0.15, 0.2) is 0 Å². The monoisotopic (exact) mass is 296 g/mol. The zero-order valence-corrected chi connectivity index (χ0v) is 12.8. The fourth-order valence-electron chi connectivity index (χ4n) is 2.07. The molecule has 2 N–H and O–H groups in total. The summed E-state index contributed by atoms with van der Waals surface area (Å²) in [4.78, 5) is 24.2. The molecule has 0 radical (unpaired) electrons. The molecule has 2 rings (SSSR count). The van der Waals surface area contributed by atoms with Crippen LogP contribution in [0.2, 0.25) is 0 Å². The van der Waals surface area contributed by atoms with Crippen molar-refractivity contribution in [1.82, 2.24) is 5.32 Å². The number of hydrogen-bond acceptors (Lipinski definition) is 2. The van der Waals surface area contributed by atoms with E-state index in [2.05, 4.69) is 10.6 Å². The van der Waals surface area contributed by atoms with Crippen LogP contribution in [0.3, 0.4) is 0 Å². The molecular weight excluding hydrogens is 276 g/mol. The molecule has 0 aliphatic heterocycles. The Balaban J connectivity index is 2.11. The van der Waals surface area contributed by atoms with Crippen LogP contribution in [-0.2, 0) is 0 Å². The van der Waals surface area contributed by atoms with Gasteiger partial charge in [-0.05, 0) is 49.2 Å². The Morgan fingerprint density at radius 1 is 0.955 bits per heavy atom. The molecule has 22 heavy (non-hydrogen) atoms. The van der Waals surface area contributed by atoms with Crippen molar-refractivity contribution in [2.24, 2.45) is 0 Å². The van der Waals surface area contributed by atoms with Crippen molar-refractivity contribution in [2.75, 3.05) is 11.9 Å². The summed E-state index contributed by atoms with van der Waals surface area (Å²) in [5.41, 5.74) is 2.77. The molecule has 0 aliphatic rings. The highest BCUT2D eigenvalue weighted by Gasteiger charge is 2.10. The second kappa shape index (κ2) is 7.41. The van der Waals surface area contributed by atoms with Crippen LogP contribution < -0.4 is 10.6 Å². The van der Waals surface area contributed by atoms with Crippen LogP contribution in [0.25, 0.3) is 0 Å². The smallest absolute Gasteiger partial charge is 0.255 e. The Kier molecular flexibility index (Phi) is 5.31. The lowest BCUT2D eigenvalue weighted by Gasteiger charge is -2.08. The first-order chi connectivity index (χ1) is 10.6. The number of carbonyl (C=O) groups is 2. The quantitative estimate of drug-likeness (QED) is 0.888. The summed E-state index contributed by atoms with van der Waals surface area (Å²) < 4.78 is 0. The normalized spacial score (nSPS) is 10.1. The molecule has 0 aromatic heterocycles. The SMILES string of the molecule is CCCNC(=O)c1cccc(C(=O)Nc2cccc(C)c2)c1. The molecule has 4 heteroatoms. The molecule has 2 amide bonds. The molecule has 0 saturated carbocycles. The summed E-state index contributed by atoms with van der Waals surface area (Å²) >= 11 is 0. The molecule has 0 bridgehead atoms. The number of carbonyl (C=O) groups excluding carboxylic acids is 2. The van der Waals surface area contributed by atoms with Gasteiger partial charge in [0.25, 0.3) is 11.8 Å². The van der Waals surface area contributed by atoms with Crippen molar-refractivity contribution in [2.45, 2.75) is 20.3 Å². The molecule has 0 fully saturated rings. The van der Waals surface area contributed by atoms with E-state index in [9.17, 15) is 9.59 Å². The first-order valence-electron chi connectivity index (χ1n) is 7.36. The Bertz CT molecular complexity index is 680. The molecule has 0 saturated heterocycles. The van der Waals surface area contributed by atoms with E-state index >= 15 is 0 Å². The van der Waals surface area contributed by atoms with E-state index in [1.165, 1.54) is 0 Å². The molecule has 0 unspecified atom stereocenters. The van der Waals surface area contributed by atoms with Crippen molar-refractivity contribution < 1.29 is 9.59 Å². The zero-order valence-electron chi connectivity index (χ0n) is 12.8. The van der Waals surface area contributed by atoms with Gasteiger partial charge in [0.1, 0.15) is 0 Å². The molecule has 114 valence electrons. The highest BCUT2D eigenvalue weighted by atomic mass is 16.2. The average molecular weight is 296 g/mol. The van der Waals surface area contributed by atoms with Crippen LogP contribution >= 0.6 is 0 Å². The van der Waals surface area contributed by atoms with E-state index in [1.807, 2.05) is 38.1 Å². The maximum Gasteiger partial charge on any atom is 0.255 e. The molecular formula is C18H20N2O2. The van der Waals surface area contributed by atoms with Crippen molar-refractivity contribution in [3.8, 4) is 0 Å². The summed E-state index contributed by atoms with van der Waals surface area (Å²) in [6.07, 6.45) is 0.874. The lowest BCUT2D eigenvalue weighted by molar-refractivity contribution is 0.0953. The minimum Gasteiger partial charge on any atom is -0.352 e. The van der Waals surface area contributed by atoms with Gasteiger partial charge in [0.05, 0.1) is 0 Å². The standard InChI is InChI=1S/C18H20N2O2/c1-3-10-19-17(21)14-7-5-8-15(12-14)18(22)20-16-9-4-6-13(2)11-16/h4-9,11-12H,3,10H2,1-2H3,(H,19,21)(H,20,22). The van der Waals surface area contributed by atoms with Gasteiger partial charge in [-0.3, -0.25) is 9.59 Å². The Morgan fingerprint density at radius 2 is 1.64 bits per heavy atom. The van der Waals surface area contributed by atoms with Gasteiger partial charge in [-0.25, -0.2) is 0 Å². The third-order valence-electron chi connectivity index (χ3n) is 3.20. The van der Waals surface area contributed by atoms with E-state index in [0.717, 1.165) is 17.7 Å². The number of hydrogen-bond donors (Lipinski definition) is 2. The van der Waals surface area contributed by atoms with Crippen molar-refractivity contribution >= 4 is 17.5 Å². The van der Waals surface area contributed by atoms with E-state index in [-0.39, 0.29) is 11.8 Å². The van der Waals surface area contributed by atoms with Crippen LogP contribution in [0.4, 0.5) is 5.69 Å². The topological polar surface area (TPSA) is 58.2 Å².